The number of carbonyl (C=O) groups excluding carboxylic acids is 1. The van der Waals surface area contributed by atoms with E-state index >= 15 is 0 Å². The van der Waals surface area contributed by atoms with Crippen molar-refractivity contribution in [2.75, 3.05) is 0 Å². The Kier molecular flexibility index (Phi) is 5.93. The van der Waals surface area contributed by atoms with Crippen molar-refractivity contribution in [1.82, 2.24) is 20.4 Å². The topological polar surface area (TPSA) is 101 Å². The van der Waals surface area contributed by atoms with Gasteiger partial charge in [-0.25, -0.2) is 0 Å². The van der Waals surface area contributed by atoms with Gasteiger partial charge in [-0.05, 0) is 48.9 Å². The standard InChI is InChI=1S/C24H24N4O3/c1-15-11-12-18-14-19(24(30)26-20(18)13-15)23-27-22(31-28-23)10-6-9-21(29)25-16(2)17-7-4-3-5-8-17/h3-5,7-8,11-14,16H,6,9-10H2,1-2H3,(H,25,29)(H,26,30)/t16-/m1/s1. The van der Waals surface area contributed by atoms with Crippen LogP contribution >= 0.6 is 0 Å². The Labute approximate surface area is 179 Å². The molecule has 7 nitrogen and oxygen atoms in total. The molecule has 7 heteroatoms. The molecule has 0 radical (unpaired) electrons. The first-order valence-corrected chi connectivity index (χ1v) is 10.3. The molecule has 0 aliphatic carbocycles. The van der Waals surface area contributed by atoms with Gasteiger partial charge in [0.15, 0.2) is 0 Å². The number of aromatic nitrogens is 3. The van der Waals surface area contributed by atoms with E-state index in [2.05, 4.69) is 20.4 Å². The first-order valence-electron chi connectivity index (χ1n) is 10.3. The van der Waals surface area contributed by atoms with E-state index in [0.29, 0.717) is 30.7 Å². The summed E-state index contributed by atoms with van der Waals surface area (Å²) >= 11 is 0. The lowest BCUT2D eigenvalue weighted by molar-refractivity contribution is -0.121. The number of fused-ring (bicyclic) bond motifs is 1. The number of carbonyl (C=O) groups is 1. The maximum absolute atomic E-state index is 12.4. The Morgan fingerprint density at radius 3 is 2.77 bits per heavy atom. The van der Waals surface area contributed by atoms with Crippen LogP contribution in [0.25, 0.3) is 22.3 Å². The third kappa shape index (κ3) is 4.88. The third-order valence-corrected chi connectivity index (χ3v) is 5.18. The smallest absolute Gasteiger partial charge is 0.259 e. The van der Waals surface area contributed by atoms with Crippen LogP contribution in [-0.4, -0.2) is 21.0 Å². The lowest BCUT2D eigenvalue weighted by atomic mass is 10.1. The quantitative estimate of drug-likeness (QED) is 0.473. The Bertz CT molecular complexity index is 1260. The van der Waals surface area contributed by atoms with E-state index in [-0.39, 0.29) is 23.3 Å². The maximum Gasteiger partial charge on any atom is 0.259 e. The number of aryl methyl sites for hydroxylation is 2. The normalized spacial score (nSPS) is 12.1. The third-order valence-electron chi connectivity index (χ3n) is 5.18. The first kappa shape index (κ1) is 20.5. The molecule has 0 saturated heterocycles. The molecule has 2 aromatic carbocycles. The van der Waals surface area contributed by atoms with Crippen LogP contribution in [-0.2, 0) is 11.2 Å². The van der Waals surface area contributed by atoms with Gasteiger partial charge in [0.1, 0.15) is 0 Å². The van der Waals surface area contributed by atoms with E-state index in [4.69, 9.17) is 4.52 Å². The van der Waals surface area contributed by atoms with Gasteiger partial charge in [0.25, 0.3) is 5.56 Å². The summed E-state index contributed by atoms with van der Waals surface area (Å²) in [7, 11) is 0. The number of amides is 1. The summed E-state index contributed by atoms with van der Waals surface area (Å²) in [6.07, 6.45) is 1.39. The molecule has 0 aliphatic heterocycles. The number of hydrogen-bond donors (Lipinski definition) is 2. The van der Waals surface area contributed by atoms with E-state index in [9.17, 15) is 9.59 Å². The Morgan fingerprint density at radius 1 is 1.16 bits per heavy atom. The molecule has 0 fully saturated rings. The van der Waals surface area contributed by atoms with Crippen molar-refractivity contribution in [1.29, 1.82) is 0 Å². The lowest BCUT2D eigenvalue weighted by Crippen LogP contribution is -2.26. The fourth-order valence-corrected chi connectivity index (χ4v) is 3.49. The van der Waals surface area contributed by atoms with Gasteiger partial charge >= 0.3 is 0 Å². The van der Waals surface area contributed by atoms with Crippen molar-refractivity contribution in [3.05, 3.63) is 82.0 Å². The number of H-pyrrole nitrogens is 1. The monoisotopic (exact) mass is 416 g/mol. The van der Waals surface area contributed by atoms with Gasteiger partial charge in [0.05, 0.1) is 11.6 Å². The highest BCUT2D eigenvalue weighted by atomic mass is 16.5. The first-order chi connectivity index (χ1) is 15.0. The zero-order chi connectivity index (χ0) is 21.8. The van der Waals surface area contributed by atoms with Crippen molar-refractivity contribution in [3.8, 4) is 11.4 Å². The van der Waals surface area contributed by atoms with Crippen LogP contribution in [0.4, 0.5) is 0 Å². The van der Waals surface area contributed by atoms with Crippen LogP contribution in [0.1, 0.15) is 42.8 Å². The Balaban J connectivity index is 1.36. The highest BCUT2D eigenvalue weighted by molar-refractivity contribution is 5.82. The predicted octanol–water partition coefficient (Wildman–Crippen LogP) is 4.09. The van der Waals surface area contributed by atoms with Crippen LogP contribution in [0.15, 0.2) is 63.9 Å². The molecule has 0 saturated carbocycles. The average Bonchev–Trinajstić information content (AvgIpc) is 3.22. The number of aromatic amines is 1. The summed E-state index contributed by atoms with van der Waals surface area (Å²) in [6.45, 7) is 3.93. The molecule has 0 spiro atoms. The van der Waals surface area contributed by atoms with Crippen molar-refractivity contribution in [3.63, 3.8) is 0 Å². The molecule has 0 aliphatic rings. The van der Waals surface area contributed by atoms with Gasteiger partial charge in [0, 0.05) is 18.4 Å². The second-order valence-corrected chi connectivity index (χ2v) is 7.67. The van der Waals surface area contributed by atoms with Crippen molar-refractivity contribution < 1.29 is 9.32 Å². The molecule has 31 heavy (non-hydrogen) atoms. The molecule has 2 heterocycles. The molecule has 2 N–H and O–H groups in total. The maximum atomic E-state index is 12.4. The number of rotatable bonds is 7. The molecular formula is C24H24N4O3. The predicted molar refractivity (Wildman–Crippen MR) is 119 cm³/mol. The highest BCUT2D eigenvalue weighted by Crippen LogP contribution is 2.19. The molecule has 1 atom stereocenters. The zero-order valence-corrected chi connectivity index (χ0v) is 17.5. The van der Waals surface area contributed by atoms with Gasteiger partial charge < -0.3 is 14.8 Å². The van der Waals surface area contributed by atoms with Gasteiger partial charge in [0.2, 0.25) is 17.6 Å². The summed E-state index contributed by atoms with van der Waals surface area (Å²) in [5, 5.41) is 7.84. The second-order valence-electron chi connectivity index (χ2n) is 7.67. The average molecular weight is 416 g/mol. The fourth-order valence-electron chi connectivity index (χ4n) is 3.49. The van der Waals surface area contributed by atoms with Crippen molar-refractivity contribution >= 4 is 16.8 Å². The summed E-state index contributed by atoms with van der Waals surface area (Å²) < 4.78 is 5.29. The van der Waals surface area contributed by atoms with E-state index in [1.165, 1.54) is 0 Å². The molecule has 158 valence electrons. The van der Waals surface area contributed by atoms with E-state index in [1.54, 1.807) is 6.07 Å². The molecule has 1 amide bonds. The largest absolute Gasteiger partial charge is 0.350 e. The Hall–Kier alpha value is -3.74. The number of nitrogens with zero attached hydrogens (tertiary/aromatic N) is 2. The van der Waals surface area contributed by atoms with Crippen molar-refractivity contribution in [2.45, 2.75) is 39.2 Å². The molecular weight excluding hydrogens is 392 g/mol. The lowest BCUT2D eigenvalue weighted by Gasteiger charge is -2.13. The molecule has 2 aromatic heterocycles. The molecule has 4 aromatic rings. The van der Waals surface area contributed by atoms with E-state index in [0.717, 1.165) is 22.0 Å². The van der Waals surface area contributed by atoms with E-state index < -0.39 is 0 Å². The van der Waals surface area contributed by atoms with Crippen molar-refractivity contribution in [2.24, 2.45) is 0 Å². The summed E-state index contributed by atoms with van der Waals surface area (Å²) in [5.74, 6) is 0.626. The van der Waals surface area contributed by atoms with Gasteiger partial charge in [-0.15, -0.1) is 0 Å². The van der Waals surface area contributed by atoms with Gasteiger partial charge in [-0.1, -0.05) is 47.6 Å². The number of pyridine rings is 1. The van der Waals surface area contributed by atoms with Crippen LogP contribution < -0.4 is 10.9 Å². The van der Waals surface area contributed by atoms with E-state index in [1.807, 2.05) is 62.4 Å². The second kappa shape index (κ2) is 8.95. The number of nitrogens with one attached hydrogen (secondary N) is 2. The zero-order valence-electron chi connectivity index (χ0n) is 17.5. The van der Waals surface area contributed by atoms with Crippen LogP contribution in [0.2, 0.25) is 0 Å². The fraction of sp³-hybridized carbons (Fsp3) is 0.250. The van der Waals surface area contributed by atoms with Crippen LogP contribution in [0, 0.1) is 6.92 Å². The molecule has 4 rings (SSSR count). The summed E-state index contributed by atoms with van der Waals surface area (Å²) in [5.41, 5.74) is 3.00. The molecule has 0 bridgehead atoms. The minimum atomic E-state index is -0.264. The SMILES string of the molecule is Cc1ccc2cc(-c3noc(CCCC(=O)N[C@H](C)c4ccccc4)n3)c(=O)[nH]c2c1. The number of hydrogen-bond acceptors (Lipinski definition) is 5. The van der Waals surface area contributed by atoms with Gasteiger partial charge in [-0.3, -0.25) is 9.59 Å². The Morgan fingerprint density at radius 2 is 1.97 bits per heavy atom. The van der Waals surface area contributed by atoms with Crippen LogP contribution in [0.3, 0.4) is 0 Å². The summed E-state index contributed by atoms with van der Waals surface area (Å²) in [4.78, 5) is 31.9. The minimum Gasteiger partial charge on any atom is -0.350 e. The molecule has 0 unspecified atom stereocenters. The van der Waals surface area contributed by atoms with Gasteiger partial charge in [-0.2, -0.15) is 4.98 Å². The minimum absolute atomic E-state index is 0.0302. The number of benzene rings is 2. The summed E-state index contributed by atoms with van der Waals surface area (Å²) in [6, 6.07) is 17.4. The highest BCUT2D eigenvalue weighted by Gasteiger charge is 2.14. The van der Waals surface area contributed by atoms with Crippen LogP contribution in [0.5, 0.6) is 0 Å².